The molecule has 1 aliphatic heterocycles. The van der Waals surface area contributed by atoms with Crippen molar-refractivity contribution >= 4 is 35.0 Å². The number of nitrogens with one attached hydrogen (secondary N) is 2. The molecule has 10 heteroatoms. The van der Waals surface area contributed by atoms with E-state index in [1.54, 1.807) is 11.8 Å². The van der Waals surface area contributed by atoms with Crippen LogP contribution in [0.5, 0.6) is 0 Å². The van der Waals surface area contributed by atoms with E-state index in [-0.39, 0.29) is 23.2 Å². The Labute approximate surface area is 203 Å². The molecule has 0 aromatic heterocycles. The second kappa shape index (κ2) is 12.4. The number of rotatable bonds is 10. The summed E-state index contributed by atoms with van der Waals surface area (Å²) >= 11 is 1.57. The third-order valence-electron chi connectivity index (χ3n) is 5.68. The van der Waals surface area contributed by atoms with E-state index in [2.05, 4.69) is 15.5 Å². The van der Waals surface area contributed by atoms with Crippen LogP contribution in [-0.2, 0) is 9.53 Å². The van der Waals surface area contributed by atoms with Crippen LogP contribution >= 0.6 is 11.8 Å². The molecular weight excluding hydrogens is 456 g/mol. The fourth-order valence-electron chi connectivity index (χ4n) is 3.70. The number of amides is 2. The molecule has 34 heavy (non-hydrogen) atoms. The fourth-order valence-corrected chi connectivity index (χ4v) is 4.17. The minimum absolute atomic E-state index is 0.142. The average molecular weight is 487 g/mol. The van der Waals surface area contributed by atoms with Crippen LogP contribution in [0.15, 0.2) is 48.5 Å². The maximum absolute atomic E-state index is 13.0. The number of morpholine rings is 1. The Kier molecular flexibility index (Phi) is 9.29. The van der Waals surface area contributed by atoms with E-state index in [9.17, 15) is 19.7 Å². The van der Waals surface area contributed by atoms with Gasteiger partial charge in [0.1, 0.15) is 6.04 Å². The Morgan fingerprint density at radius 3 is 2.50 bits per heavy atom. The Hall–Kier alpha value is -3.11. The summed E-state index contributed by atoms with van der Waals surface area (Å²) < 4.78 is 5.40. The molecule has 2 aromatic carbocycles. The monoisotopic (exact) mass is 486 g/mol. The van der Waals surface area contributed by atoms with Gasteiger partial charge in [-0.05, 0) is 49.1 Å². The van der Waals surface area contributed by atoms with Crippen molar-refractivity contribution in [3.8, 4) is 0 Å². The van der Waals surface area contributed by atoms with Crippen molar-refractivity contribution in [3.05, 3.63) is 69.8 Å². The zero-order chi connectivity index (χ0) is 24.5. The largest absolute Gasteiger partial charge is 0.378 e. The van der Waals surface area contributed by atoms with Crippen LogP contribution in [0.2, 0.25) is 0 Å². The van der Waals surface area contributed by atoms with Crippen LogP contribution in [0, 0.1) is 10.1 Å². The Morgan fingerprint density at radius 1 is 1.15 bits per heavy atom. The summed E-state index contributed by atoms with van der Waals surface area (Å²) in [7, 11) is 0. The lowest BCUT2D eigenvalue weighted by Crippen LogP contribution is -2.47. The molecule has 1 heterocycles. The molecule has 0 bridgehead atoms. The van der Waals surface area contributed by atoms with Gasteiger partial charge in [-0.3, -0.25) is 19.7 Å². The minimum atomic E-state index is -0.755. The van der Waals surface area contributed by atoms with Gasteiger partial charge >= 0.3 is 0 Å². The molecule has 0 saturated carbocycles. The number of hydrogen-bond acceptors (Lipinski definition) is 7. The zero-order valence-electron chi connectivity index (χ0n) is 19.4. The summed E-state index contributed by atoms with van der Waals surface area (Å²) in [6, 6.07) is 12.5. The number of nitro groups is 1. The molecule has 1 fully saturated rings. The highest BCUT2D eigenvalue weighted by Gasteiger charge is 2.24. The first-order chi connectivity index (χ1) is 16.4. The number of nitrogens with zero attached hydrogens (tertiary/aromatic N) is 2. The summed E-state index contributed by atoms with van der Waals surface area (Å²) in [4.78, 5) is 38.5. The topological polar surface area (TPSA) is 114 Å². The van der Waals surface area contributed by atoms with Crippen molar-refractivity contribution in [2.24, 2.45) is 0 Å². The number of ether oxygens (including phenoxy) is 1. The first-order valence-corrected chi connectivity index (χ1v) is 12.6. The number of carbonyl (C=O) groups excluding carboxylic acids is 2. The van der Waals surface area contributed by atoms with Crippen LogP contribution < -0.4 is 15.5 Å². The minimum Gasteiger partial charge on any atom is -0.378 e. The highest BCUT2D eigenvalue weighted by Crippen LogP contribution is 2.20. The quantitative estimate of drug-likeness (QED) is 0.392. The molecule has 1 saturated heterocycles. The molecule has 2 amide bonds. The van der Waals surface area contributed by atoms with E-state index in [4.69, 9.17) is 4.74 Å². The first-order valence-electron chi connectivity index (χ1n) is 11.2. The lowest BCUT2D eigenvalue weighted by molar-refractivity contribution is -0.384. The number of anilines is 1. The van der Waals surface area contributed by atoms with Gasteiger partial charge in [0.2, 0.25) is 5.91 Å². The fraction of sp³-hybridized carbons (Fsp3) is 0.417. The van der Waals surface area contributed by atoms with Crippen LogP contribution in [0.25, 0.3) is 0 Å². The molecule has 2 aromatic rings. The summed E-state index contributed by atoms with van der Waals surface area (Å²) in [6.45, 7) is 5.04. The molecule has 0 radical (unpaired) electrons. The van der Waals surface area contributed by atoms with Crippen molar-refractivity contribution in [1.82, 2.24) is 10.6 Å². The highest BCUT2D eigenvalue weighted by atomic mass is 32.2. The third kappa shape index (κ3) is 6.94. The van der Waals surface area contributed by atoms with E-state index in [0.29, 0.717) is 25.4 Å². The lowest BCUT2D eigenvalue weighted by atomic mass is 10.1. The van der Waals surface area contributed by atoms with Gasteiger partial charge in [-0.1, -0.05) is 18.2 Å². The van der Waals surface area contributed by atoms with Crippen LogP contribution in [-0.4, -0.2) is 61.1 Å². The molecule has 0 spiro atoms. The van der Waals surface area contributed by atoms with Gasteiger partial charge in [0.05, 0.1) is 24.2 Å². The Morgan fingerprint density at radius 2 is 1.85 bits per heavy atom. The van der Waals surface area contributed by atoms with Crippen LogP contribution in [0.4, 0.5) is 11.4 Å². The van der Waals surface area contributed by atoms with Gasteiger partial charge in [-0.25, -0.2) is 0 Å². The van der Waals surface area contributed by atoms with Gasteiger partial charge in [-0.15, -0.1) is 0 Å². The SMILES string of the molecule is CSCCC(NC(=O)c1cccc([N+](=O)[O-])c1)C(=O)NC(C)c1ccc(N2CCOCC2)cc1. The predicted molar refractivity (Wildman–Crippen MR) is 133 cm³/mol. The van der Waals surface area contributed by atoms with Gasteiger partial charge in [-0.2, -0.15) is 11.8 Å². The summed E-state index contributed by atoms with van der Waals surface area (Å²) in [5.41, 5.74) is 2.04. The molecule has 3 rings (SSSR count). The van der Waals surface area contributed by atoms with Crippen LogP contribution in [0.1, 0.15) is 35.3 Å². The number of thioether (sulfide) groups is 1. The number of non-ortho nitro benzene ring substituents is 1. The molecule has 0 aliphatic carbocycles. The van der Waals surface area contributed by atoms with E-state index in [0.717, 1.165) is 24.3 Å². The van der Waals surface area contributed by atoms with Crippen molar-refractivity contribution in [3.63, 3.8) is 0 Å². The van der Waals surface area contributed by atoms with Crippen molar-refractivity contribution < 1.29 is 19.2 Å². The van der Waals surface area contributed by atoms with Crippen molar-refractivity contribution in [2.45, 2.75) is 25.4 Å². The maximum atomic E-state index is 13.0. The standard InChI is InChI=1S/C24H30N4O5S/c1-17(18-6-8-20(9-7-18)27-11-13-33-14-12-27)25-24(30)22(10-15-34-2)26-23(29)19-4-3-5-21(16-19)28(31)32/h3-9,16-17,22H,10-15H2,1-2H3,(H,25,30)(H,26,29). The maximum Gasteiger partial charge on any atom is 0.270 e. The molecule has 1 aliphatic rings. The second-order valence-electron chi connectivity index (χ2n) is 8.04. The highest BCUT2D eigenvalue weighted by molar-refractivity contribution is 7.98. The van der Waals surface area contributed by atoms with Crippen LogP contribution in [0.3, 0.4) is 0 Å². The molecule has 182 valence electrons. The predicted octanol–water partition coefficient (Wildman–Crippen LogP) is 3.16. The lowest BCUT2D eigenvalue weighted by Gasteiger charge is -2.29. The number of carbonyl (C=O) groups is 2. The summed E-state index contributed by atoms with van der Waals surface area (Å²) in [6.07, 6.45) is 2.37. The Balaban J connectivity index is 1.64. The van der Waals surface area contributed by atoms with E-state index in [1.807, 2.05) is 37.4 Å². The average Bonchev–Trinajstić information content (AvgIpc) is 2.87. The molecule has 2 unspecified atom stereocenters. The molecule has 9 nitrogen and oxygen atoms in total. The first kappa shape index (κ1) is 25.5. The second-order valence-corrected chi connectivity index (χ2v) is 9.02. The number of nitro benzene ring substituents is 1. The van der Waals surface area contributed by atoms with Gasteiger partial charge in [0.25, 0.3) is 11.6 Å². The van der Waals surface area contributed by atoms with Crippen molar-refractivity contribution in [2.75, 3.05) is 43.2 Å². The number of hydrogen-bond donors (Lipinski definition) is 2. The zero-order valence-corrected chi connectivity index (χ0v) is 20.2. The summed E-state index contributed by atoms with van der Waals surface area (Å²) in [5, 5.41) is 16.7. The van der Waals surface area contributed by atoms with Gasteiger partial charge in [0, 0.05) is 36.5 Å². The van der Waals surface area contributed by atoms with Crippen molar-refractivity contribution in [1.29, 1.82) is 0 Å². The third-order valence-corrected chi connectivity index (χ3v) is 6.32. The van der Waals surface area contributed by atoms with E-state index in [1.165, 1.54) is 24.3 Å². The Bertz CT molecular complexity index is 995. The molecule has 2 atom stereocenters. The molecular formula is C24H30N4O5S. The smallest absolute Gasteiger partial charge is 0.270 e. The normalized spacial score (nSPS) is 15.3. The summed E-state index contributed by atoms with van der Waals surface area (Å²) in [5.74, 6) is -0.138. The number of benzene rings is 2. The van der Waals surface area contributed by atoms with Gasteiger partial charge in [0.15, 0.2) is 0 Å². The van der Waals surface area contributed by atoms with Gasteiger partial charge < -0.3 is 20.3 Å². The van der Waals surface area contributed by atoms with E-state index < -0.39 is 16.9 Å². The molecule has 2 N–H and O–H groups in total. The van der Waals surface area contributed by atoms with E-state index >= 15 is 0 Å².